The van der Waals surface area contributed by atoms with Gasteiger partial charge in [-0.2, -0.15) is 0 Å². The van der Waals surface area contributed by atoms with Crippen LogP contribution in [0.4, 0.5) is 5.69 Å². The first-order valence-electron chi connectivity index (χ1n) is 5.58. The van der Waals surface area contributed by atoms with E-state index in [-0.39, 0.29) is 0 Å². The van der Waals surface area contributed by atoms with Gasteiger partial charge in [0.25, 0.3) is 0 Å². The minimum atomic E-state index is 0.440. The van der Waals surface area contributed by atoms with Crippen molar-refractivity contribution < 1.29 is 0 Å². The van der Waals surface area contributed by atoms with Crippen LogP contribution in [-0.4, -0.2) is 11.0 Å². The molecule has 78 valence electrons. The predicted octanol–water partition coefficient (Wildman–Crippen LogP) is 3.40. The summed E-state index contributed by atoms with van der Waals surface area (Å²) in [5.41, 5.74) is 1.67. The molecule has 1 saturated carbocycles. The van der Waals surface area contributed by atoms with Crippen LogP contribution in [-0.2, 0) is 0 Å². The third-order valence-electron chi connectivity index (χ3n) is 3.45. The average molecular weight is 192 g/mol. The first kappa shape index (κ1) is 9.63. The molecule has 0 radical (unpaired) electrons. The van der Waals surface area contributed by atoms with Crippen molar-refractivity contribution in [1.29, 1.82) is 0 Å². The number of anilines is 1. The minimum Gasteiger partial charge on any atom is -0.381 e. The first-order valence-corrected chi connectivity index (χ1v) is 5.58. The van der Waals surface area contributed by atoms with Crippen molar-refractivity contribution >= 4 is 5.69 Å². The molecule has 1 aliphatic rings. The molecular formula is C12H20N2. The van der Waals surface area contributed by atoms with Crippen LogP contribution in [0.25, 0.3) is 0 Å². The molecule has 1 aromatic heterocycles. The Morgan fingerprint density at radius 2 is 2.29 bits per heavy atom. The Bertz CT molecular complexity index is 275. The lowest BCUT2D eigenvalue weighted by Gasteiger charge is -2.39. The normalized spacial score (nSPS) is 26.0. The molecule has 2 rings (SSSR count). The number of rotatable bonds is 2. The summed E-state index contributed by atoms with van der Waals surface area (Å²) in [5.74, 6) is 0. The van der Waals surface area contributed by atoms with Crippen molar-refractivity contribution in [3.05, 3.63) is 18.5 Å². The molecule has 0 saturated heterocycles. The summed E-state index contributed by atoms with van der Waals surface area (Å²) in [6.45, 7) is 4.74. The van der Waals surface area contributed by atoms with Crippen LogP contribution >= 0.6 is 0 Å². The molecule has 0 aromatic carbocycles. The standard InChI is InChI=1S/C12H20N2/c1-12(2)7-4-3-5-11(12)14-10-6-8-13-9-10/h6,8-9,11,13-14H,3-5,7H2,1-2H3. The van der Waals surface area contributed by atoms with Gasteiger partial charge < -0.3 is 10.3 Å². The summed E-state index contributed by atoms with van der Waals surface area (Å²) >= 11 is 0. The monoisotopic (exact) mass is 192 g/mol. The van der Waals surface area contributed by atoms with Crippen LogP contribution in [0.3, 0.4) is 0 Å². The molecule has 1 heterocycles. The number of hydrogen-bond donors (Lipinski definition) is 2. The number of aromatic amines is 1. The van der Waals surface area contributed by atoms with Gasteiger partial charge in [-0.3, -0.25) is 0 Å². The zero-order chi connectivity index (χ0) is 10.0. The van der Waals surface area contributed by atoms with Crippen LogP contribution in [0, 0.1) is 5.41 Å². The Hall–Kier alpha value is -0.920. The van der Waals surface area contributed by atoms with E-state index in [2.05, 4.69) is 30.2 Å². The quantitative estimate of drug-likeness (QED) is 0.738. The molecule has 2 nitrogen and oxygen atoms in total. The lowest BCUT2D eigenvalue weighted by atomic mass is 9.73. The molecule has 1 fully saturated rings. The van der Waals surface area contributed by atoms with E-state index < -0.39 is 0 Å². The van der Waals surface area contributed by atoms with E-state index in [9.17, 15) is 0 Å². The van der Waals surface area contributed by atoms with Crippen molar-refractivity contribution in [3.8, 4) is 0 Å². The van der Waals surface area contributed by atoms with Gasteiger partial charge in [0.1, 0.15) is 0 Å². The summed E-state index contributed by atoms with van der Waals surface area (Å²) < 4.78 is 0. The zero-order valence-corrected chi connectivity index (χ0v) is 9.14. The van der Waals surface area contributed by atoms with Crippen molar-refractivity contribution in [2.45, 2.75) is 45.6 Å². The molecule has 1 aromatic rings. The van der Waals surface area contributed by atoms with E-state index in [0.29, 0.717) is 11.5 Å². The topological polar surface area (TPSA) is 27.8 Å². The summed E-state index contributed by atoms with van der Waals surface area (Å²) in [6.07, 6.45) is 9.40. The third-order valence-corrected chi connectivity index (χ3v) is 3.45. The summed E-state index contributed by atoms with van der Waals surface area (Å²) in [5, 5.41) is 3.62. The lowest BCUT2D eigenvalue weighted by molar-refractivity contribution is 0.217. The maximum absolute atomic E-state index is 3.62. The highest BCUT2D eigenvalue weighted by Gasteiger charge is 2.31. The molecule has 14 heavy (non-hydrogen) atoms. The van der Waals surface area contributed by atoms with Crippen molar-refractivity contribution in [2.24, 2.45) is 5.41 Å². The summed E-state index contributed by atoms with van der Waals surface area (Å²) in [7, 11) is 0. The van der Waals surface area contributed by atoms with E-state index >= 15 is 0 Å². The van der Waals surface area contributed by atoms with Crippen LogP contribution in [0.5, 0.6) is 0 Å². The second-order valence-corrected chi connectivity index (χ2v) is 5.03. The highest BCUT2D eigenvalue weighted by atomic mass is 15.0. The highest BCUT2D eigenvalue weighted by molar-refractivity contribution is 5.41. The van der Waals surface area contributed by atoms with E-state index in [0.717, 1.165) is 0 Å². The largest absolute Gasteiger partial charge is 0.381 e. The van der Waals surface area contributed by atoms with Gasteiger partial charge in [-0.05, 0) is 24.3 Å². The molecule has 0 bridgehead atoms. The minimum absolute atomic E-state index is 0.440. The van der Waals surface area contributed by atoms with E-state index in [1.807, 2.05) is 12.4 Å². The fourth-order valence-electron chi connectivity index (χ4n) is 2.38. The molecule has 0 aliphatic heterocycles. The molecule has 2 heteroatoms. The van der Waals surface area contributed by atoms with Gasteiger partial charge in [-0.25, -0.2) is 0 Å². The van der Waals surface area contributed by atoms with Crippen LogP contribution in [0.15, 0.2) is 18.5 Å². The van der Waals surface area contributed by atoms with Crippen molar-refractivity contribution in [2.75, 3.05) is 5.32 Å². The molecule has 0 spiro atoms. The van der Waals surface area contributed by atoms with Gasteiger partial charge in [0.15, 0.2) is 0 Å². The maximum atomic E-state index is 3.62. The lowest BCUT2D eigenvalue weighted by Crippen LogP contribution is -2.38. The number of hydrogen-bond acceptors (Lipinski definition) is 1. The van der Waals surface area contributed by atoms with Crippen molar-refractivity contribution in [1.82, 2.24) is 4.98 Å². The van der Waals surface area contributed by atoms with Crippen molar-refractivity contribution in [3.63, 3.8) is 0 Å². The smallest absolute Gasteiger partial charge is 0.0520 e. The maximum Gasteiger partial charge on any atom is 0.0520 e. The number of aromatic nitrogens is 1. The van der Waals surface area contributed by atoms with Gasteiger partial charge in [0.2, 0.25) is 0 Å². The Balaban J connectivity index is 2.02. The zero-order valence-electron chi connectivity index (χ0n) is 9.14. The molecule has 2 N–H and O–H groups in total. The summed E-state index contributed by atoms with van der Waals surface area (Å²) in [4.78, 5) is 3.08. The van der Waals surface area contributed by atoms with E-state index in [1.54, 1.807) is 0 Å². The number of H-pyrrole nitrogens is 1. The summed E-state index contributed by atoms with van der Waals surface area (Å²) in [6, 6.07) is 2.73. The van der Waals surface area contributed by atoms with Gasteiger partial charge in [0.05, 0.1) is 5.69 Å². The average Bonchev–Trinajstić information content (AvgIpc) is 2.61. The predicted molar refractivity (Wildman–Crippen MR) is 60.5 cm³/mol. The Morgan fingerprint density at radius 3 is 2.93 bits per heavy atom. The molecule has 1 atom stereocenters. The van der Waals surface area contributed by atoms with Gasteiger partial charge in [-0.1, -0.05) is 26.7 Å². The SMILES string of the molecule is CC1(C)CCCCC1Nc1cc[nH]c1. The Kier molecular flexibility index (Phi) is 2.53. The van der Waals surface area contributed by atoms with Crippen LogP contribution in [0.2, 0.25) is 0 Å². The Labute approximate surface area is 86.1 Å². The Morgan fingerprint density at radius 1 is 1.43 bits per heavy atom. The third kappa shape index (κ3) is 1.94. The first-order chi connectivity index (χ1) is 6.68. The highest BCUT2D eigenvalue weighted by Crippen LogP contribution is 2.37. The van der Waals surface area contributed by atoms with Crippen LogP contribution < -0.4 is 5.32 Å². The molecular weight excluding hydrogens is 172 g/mol. The molecule has 0 amide bonds. The van der Waals surface area contributed by atoms with E-state index in [1.165, 1.54) is 31.4 Å². The van der Waals surface area contributed by atoms with Crippen LogP contribution in [0.1, 0.15) is 39.5 Å². The van der Waals surface area contributed by atoms with E-state index in [4.69, 9.17) is 0 Å². The fraction of sp³-hybridized carbons (Fsp3) is 0.667. The number of nitrogens with one attached hydrogen (secondary N) is 2. The fourth-order valence-corrected chi connectivity index (χ4v) is 2.38. The second kappa shape index (κ2) is 3.68. The van der Waals surface area contributed by atoms with Gasteiger partial charge in [-0.15, -0.1) is 0 Å². The molecule has 1 unspecified atom stereocenters. The molecule has 1 aliphatic carbocycles. The van der Waals surface area contributed by atoms with Gasteiger partial charge >= 0.3 is 0 Å². The second-order valence-electron chi connectivity index (χ2n) is 5.03. The van der Waals surface area contributed by atoms with Gasteiger partial charge in [0, 0.05) is 18.4 Å².